The third-order valence-electron chi connectivity index (χ3n) is 4.09. The van der Waals surface area contributed by atoms with Crippen molar-refractivity contribution in [2.45, 2.75) is 26.2 Å². The van der Waals surface area contributed by atoms with Gasteiger partial charge in [0.2, 0.25) is 0 Å². The summed E-state index contributed by atoms with van der Waals surface area (Å²) in [5.41, 5.74) is 0. The van der Waals surface area contributed by atoms with Crippen molar-refractivity contribution in [3.05, 3.63) is 0 Å². The van der Waals surface area contributed by atoms with Crippen LogP contribution in [0.25, 0.3) is 0 Å². The van der Waals surface area contributed by atoms with Gasteiger partial charge in [0.1, 0.15) is 0 Å². The molecule has 0 aromatic carbocycles. The average molecular weight is 322 g/mol. The van der Waals surface area contributed by atoms with Crippen LogP contribution in [0.5, 0.6) is 0 Å². The molecule has 0 amide bonds. The monoisotopic (exact) mass is 321 g/mol. The molecule has 2 saturated heterocycles. The van der Waals surface area contributed by atoms with Gasteiger partial charge < -0.3 is 5.32 Å². The maximum absolute atomic E-state index is 12.6. The summed E-state index contributed by atoms with van der Waals surface area (Å²) in [6, 6.07) is 0. The number of nitrogens with one attached hydrogen (secondary N) is 1. The summed E-state index contributed by atoms with van der Waals surface area (Å²) in [7, 11) is -3.22. The third kappa shape index (κ3) is 4.34. The summed E-state index contributed by atoms with van der Waals surface area (Å²) in [5.74, 6) is 2.63. The summed E-state index contributed by atoms with van der Waals surface area (Å²) >= 11 is 1.86. The molecule has 0 atom stereocenters. The Balaban J connectivity index is 1.87. The maximum atomic E-state index is 12.6. The summed E-state index contributed by atoms with van der Waals surface area (Å²) in [4.78, 5) is 0. The van der Waals surface area contributed by atoms with E-state index in [0.29, 0.717) is 32.1 Å². The normalized spacial score (nSPS) is 24.6. The Morgan fingerprint density at radius 2 is 1.80 bits per heavy atom. The topological polar surface area (TPSA) is 52.7 Å². The molecule has 2 aliphatic heterocycles. The van der Waals surface area contributed by atoms with E-state index in [4.69, 9.17) is 0 Å². The van der Waals surface area contributed by atoms with E-state index in [1.54, 1.807) is 8.61 Å². The van der Waals surface area contributed by atoms with E-state index >= 15 is 0 Å². The predicted molar refractivity (Wildman–Crippen MR) is 85.3 cm³/mol. The molecule has 20 heavy (non-hydrogen) atoms. The smallest absolute Gasteiger partial charge is 0.282 e. The molecule has 0 aromatic rings. The molecule has 5 nitrogen and oxygen atoms in total. The first kappa shape index (κ1) is 16.5. The minimum Gasteiger partial charge on any atom is -0.317 e. The molecule has 0 saturated carbocycles. The first-order valence-corrected chi connectivity index (χ1v) is 10.2. The SMILES string of the molecule is CCNCC1CCN(S(=O)(=O)N2CCCSCC2)CC1. The molecule has 0 aromatic heterocycles. The van der Waals surface area contributed by atoms with Crippen LogP contribution in [-0.4, -0.2) is 67.8 Å². The van der Waals surface area contributed by atoms with E-state index in [-0.39, 0.29) is 0 Å². The number of hydrogen-bond acceptors (Lipinski definition) is 4. The highest BCUT2D eigenvalue weighted by Crippen LogP contribution is 2.22. The van der Waals surface area contributed by atoms with Crippen LogP contribution in [0, 0.1) is 5.92 Å². The van der Waals surface area contributed by atoms with Gasteiger partial charge in [0, 0.05) is 31.9 Å². The van der Waals surface area contributed by atoms with Gasteiger partial charge in [0.05, 0.1) is 0 Å². The van der Waals surface area contributed by atoms with Crippen molar-refractivity contribution in [1.29, 1.82) is 0 Å². The molecule has 7 heteroatoms. The number of thioether (sulfide) groups is 1. The van der Waals surface area contributed by atoms with E-state index in [1.165, 1.54) is 0 Å². The molecule has 0 radical (unpaired) electrons. The molecule has 0 unspecified atom stereocenters. The molecule has 2 rings (SSSR count). The molecule has 2 fully saturated rings. The van der Waals surface area contributed by atoms with Gasteiger partial charge in [-0.3, -0.25) is 0 Å². The van der Waals surface area contributed by atoms with E-state index in [2.05, 4.69) is 12.2 Å². The number of rotatable bonds is 5. The van der Waals surface area contributed by atoms with Crippen molar-refractivity contribution in [3.8, 4) is 0 Å². The lowest BCUT2D eigenvalue weighted by Gasteiger charge is -2.34. The van der Waals surface area contributed by atoms with Gasteiger partial charge in [0.25, 0.3) is 10.2 Å². The number of hydrogen-bond donors (Lipinski definition) is 1. The molecule has 2 heterocycles. The van der Waals surface area contributed by atoms with Crippen molar-refractivity contribution in [2.24, 2.45) is 5.92 Å². The fraction of sp³-hybridized carbons (Fsp3) is 1.00. The van der Waals surface area contributed by atoms with Gasteiger partial charge >= 0.3 is 0 Å². The zero-order valence-corrected chi connectivity index (χ0v) is 14.0. The lowest BCUT2D eigenvalue weighted by molar-refractivity contribution is 0.251. The lowest BCUT2D eigenvalue weighted by Crippen LogP contribution is -2.48. The van der Waals surface area contributed by atoms with Crippen LogP contribution < -0.4 is 5.32 Å². The number of piperidine rings is 1. The van der Waals surface area contributed by atoms with E-state index < -0.39 is 10.2 Å². The van der Waals surface area contributed by atoms with Crippen LogP contribution in [0.2, 0.25) is 0 Å². The molecule has 1 N–H and O–H groups in total. The number of nitrogens with zero attached hydrogens (tertiary/aromatic N) is 2. The fourth-order valence-corrected chi connectivity index (χ4v) is 5.49. The second-order valence-corrected chi connectivity index (χ2v) is 8.68. The Kier molecular flexibility index (Phi) is 6.61. The second-order valence-electron chi connectivity index (χ2n) is 5.52. The summed E-state index contributed by atoms with van der Waals surface area (Å²) in [5, 5.41) is 3.36. The Bertz CT molecular complexity index is 373. The standard InChI is InChI=1S/C13H27N3O2S2/c1-2-14-12-13-4-7-16(8-5-13)20(17,18)15-6-3-10-19-11-9-15/h13-14H,2-12H2,1H3. The zero-order valence-electron chi connectivity index (χ0n) is 12.4. The average Bonchev–Trinajstić information content (AvgIpc) is 2.75. The molecule has 0 aliphatic carbocycles. The van der Waals surface area contributed by atoms with Crippen LogP contribution in [0.3, 0.4) is 0 Å². The Morgan fingerprint density at radius 3 is 2.50 bits per heavy atom. The highest BCUT2D eigenvalue weighted by atomic mass is 32.2. The quantitative estimate of drug-likeness (QED) is 0.820. The van der Waals surface area contributed by atoms with Gasteiger partial charge in [0.15, 0.2) is 0 Å². The van der Waals surface area contributed by atoms with Crippen LogP contribution >= 0.6 is 11.8 Å². The lowest BCUT2D eigenvalue weighted by atomic mass is 9.98. The summed E-state index contributed by atoms with van der Waals surface area (Å²) < 4.78 is 28.7. The van der Waals surface area contributed by atoms with Crippen molar-refractivity contribution < 1.29 is 8.42 Å². The largest absolute Gasteiger partial charge is 0.317 e. The zero-order chi connectivity index (χ0) is 14.4. The Morgan fingerprint density at radius 1 is 1.10 bits per heavy atom. The van der Waals surface area contributed by atoms with Crippen LogP contribution in [-0.2, 0) is 10.2 Å². The third-order valence-corrected chi connectivity index (χ3v) is 7.17. The first-order chi connectivity index (χ1) is 9.64. The van der Waals surface area contributed by atoms with Gasteiger partial charge in [-0.1, -0.05) is 6.92 Å². The Labute approximate surface area is 127 Å². The van der Waals surface area contributed by atoms with Gasteiger partial charge in [-0.15, -0.1) is 0 Å². The highest BCUT2D eigenvalue weighted by molar-refractivity contribution is 7.99. The highest BCUT2D eigenvalue weighted by Gasteiger charge is 2.32. The molecule has 118 valence electrons. The molecule has 0 spiro atoms. The van der Waals surface area contributed by atoms with E-state index in [1.807, 2.05) is 11.8 Å². The van der Waals surface area contributed by atoms with Crippen LogP contribution in [0.1, 0.15) is 26.2 Å². The molecule has 0 bridgehead atoms. The summed E-state index contributed by atoms with van der Waals surface area (Å²) in [6.07, 6.45) is 2.93. The van der Waals surface area contributed by atoms with Crippen molar-refractivity contribution in [3.63, 3.8) is 0 Å². The molecule has 2 aliphatic rings. The van der Waals surface area contributed by atoms with E-state index in [9.17, 15) is 8.42 Å². The van der Waals surface area contributed by atoms with Crippen molar-refractivity contribution in [1.82, 2.24) is 13.9 Å². The molecular formula is C13H27N3O2S2. The minimum atomic E-state index is -3.22. The van der Waals surface area contributed by atoms with E-state index in [0.717, 1.165) is 43.9 Å². The Hall–Kier alpha value is 0.180. The van der Waals surface area contributed by atoms with Gasteiger partial charge in [-0.25, -0.2) is 0 Å². The van der Waals surface area contributed by atoms with Crippen molar-refractivity contribution >= 4 is 22.0 Å². The molecular weight excluding hydrogens is 294 g/mol. The second kappa shape index (κ2) is 7.98. The van der Waals surface area contributed by atoms with Crippen LogP contribution in [0.15, 0.2) is 0 Å². The first-order valence-electron chi connectivity index (χ1n) is 7.68. The van der Waals surface area contributed by atoms with Crippen LogP contribution in [0.4, 0.5) is 0 Å². The van der Waals surface area contributed by atoms with Gasteiger partial charge in [-0.2, -0.15) is 28.8 Å². The van der Waals surface area contributed by atoms with Gasteiger partial charge in [-0.05, 0) is 44.0 Å². The maximum Gasteiger partial charge on any atom is 0.282 e. The van der Waals surface area contributed by atoms with Crippen molar-refractivity contribution in [2.75, 3.05) is 50.8 Å². The summed E-state index contributed by atoms with van der Waals surface area (Å²) in [6.45, 7) is 6.84. The fourth-order valence-electron chi connectivity index (χ4n) is 2.81. The predicted octanol–water partition coefficient (Wildman–Crippen LogP) is 0.992. The minimum absolute atomic E-state index is 0.626.